The molecular formula is C23H17NO. The van der Waals surface area contributed by atoms with Crippen molar-refractivity contribution in [3.63, 3.8) is 0 Å². The van der Waals surface area contributed by atoms with Gasteiger partial charge in [0.15, 0.2) is 0 Å². The monoisotopic (exact) mass is 323 g/mol. The lowest BCUT2D eigenvalue weighted by molar-refractivity contribution is -0.103. The Morgan fingerprint density at radius 3 is 1.92 bits per heavy atom. The zero-order valence-electron chi connectivity index (χ0n) is 13.7. The summed E-state index contributed by atoms with van der Waals surface area (Å²) in [4.78, 5) is 16.3. The Morgan fingerprint density at radius 2 is 1.32 bits per heavy atom. The standard InChI is InChI=1S/C23H17NO/c25-16-18(17-8-2-1-3-9-17)14-15-19-20-10-4-6-12-22(20)24-23-13-7-5-11-21(19)23/h1-14,16H,15H2/b18-14-. The second-order valence-electron chi connectivity index (χ2n) is 5.97. The van der Waals surface area contributed by atoms with Crippen LogP contribution in [-0.4, -0.2) is 11.3 Å². The van der Waals surface area contributed by atoms with E-state index in [0.717, 1.165) is 33.7 Å². The number of pyridine rings is 1. The number of allylic oxidation sites excluding steroid dienone is 2. The molecule has 2 heteroatoms. The highest BCUT2D eigenvalue weighted by Gasteiger charge is 2.08. The minimum Gasteiger partial charge on any atom is -0.298 e. The Bertz CT molecular complexity index is 1030. The van der Waals surface area contributed by atoms with Gasteiger partial charge in [0.2, 0.25) is 0 Å². The van der Waals surface area contributed by atoms with Gasteiger partial charge in [0, 0.05) is 16.3 Å². The highest BCUT2D eigenvalue weighted by Crippen LogP contribution is 2.27. The van der Waals surface area contributed by atoms with Crippen LogP contribution in [0.4, 0.5) is 0 Å². The molecule has 2 nitrogen and oxygen atoms in total. The lowest BCUT2D eigenvalue weighted by atomic mass is 9.97. The normalized spacial score (nSPS) is 11.8. The van der Waals surface area contributed by atoms with Crippen molar-refractivity contribution in [3.05, 3.63) is 96.1 Å². The summed E-state index contributed by atoms with van der Waals surface area (Å²) in [5.41, 5.74) is 4.83. The van der Waals surface area contributed by atoms with Crippen LogP contribution < -0.4 is 0 Å². The van der Waals surface area contributed by atoms with E-state index in [0.29, 0.717) is 12.0 Å². The van der Waals surface area contributed by atoms with Crippen LogP contribution in [0.2, 0.25) is 0 Å². The van der Waals surface area contributed by atoms with E-state index in [1.54, 1.807) is 0 Å². The van der Waals surface area contributed by atoms with Crippen LogP contribution in [0.1, 0.15) is 11.1 Å². The molecule has 0 aliphatic carbocycles. The number of hydrogen-bond acceptors (Lipinski definition) is 2. The number of hydrogen-bond donors (Lipinski definition) is 0. The molecule has 0 spiro atoms. The number of benzene rings is 3. The van der Waals surface area contributed by atoms with Gasteiger partial charge >= 0.3 is 0 Å². The SMILES string of the molecule is O=C/C(=C/Cc1c2ccccc2nc2ccccc12)c1ccccc1. The van der Waals surface area contributed by atoms with Crippen LogP contribution in [0.3, 0.4) is 0 Å². The number of aldehydes is 1. The number of carbonyl (C=O) groups excluding carboxylic acids is 1. The molecule has 0 fully saturated rings. The number of rotatable bonds is 4. The zero-order valence-corrected chi connectivity index (χ0v) is 13.7. The first kappa shape index (κ1) is 15.3. The van der Waals surface area contributed by atoms with Gasteiger partial charge in [-0.25, -0.2) is 4.98 Å². The van der Waals surface area contributed by atoms with Gasteiger partial charge in [-0.2, -0.15) is 0 Å². The molecule has 25 heavy (non-hydrogen) atoms. The molecule has 1 aromatic heterocycles. The third kappa shape index (κ3) is 2.94. The van der Waals surface area contributed by atoms with Crippen LogP contribution in [0, 0.1) is 0 Å². The Balaban J connectivity index is 1.87. The lowest BCUT2D eigenvalue weighted by Crippen LogP contribution is -1.93. The second-order valence-corrected chi connectivity index (χ2v) is 5.97. The molecule has 0 saturated heterocycles. The summed E-state index contributed by atoms with van der Waals surface area (Å²) in [6, 6.07) is 26.1. The van der Waals surface area contributed by atoms with E-state index in [2.05, 4.69) is 12.1 Å². The fraction of sp³-hybridized carbons (Fsp3) is 0.0435. The molecule has 0 unspecified atom stereocenters. The van der Waals surface area contributed by atoms with Crippen molar-refractivity contribution >= 4 is 33.7 Å². The Hall–Kier alpha value is -3.26. The van der Waals surface area contributed by atoms with Gasteiger partial charge in [0.25, 0.3) is 0 Å². The number of para-hydroxylation sites is 2. The predicted octanol–water partition coefficient (Wildman–Crippen LogP) is 5.21. The van der Waals surface area contributed by atoms with Crippen LogP contribution in [-0.2, 0) is 11.2 Å². The molecular weight excluding hydrogens is 306 g/mol. The summed E-state index contributed by atoms with van der Waals surface area (Å²) in [6.45, 7) is 0. The van der Waals surface area contributed by atoms with E-state index in [1.807, 2.05) is 72.8 Å². The van der Waals surface area contributed by atoms with Crippen molar-refractivity contribution in [1.82, 2.24) is 4.98 Å². The molecule has 1 heterocycles. The molecule has 0 N–H and O–H groups in total. The third-order valence-electron chi connectivity index (χ3n) is 4.46. The maximum absolute atomic E-state index is 11.6. The van der Waals surface area contributed by atoms with Crippen molar-refractivity contribution in [1.29, 1.82) is 0 Å². The van der Waals surface area contributed by atoms with E-state index >= 15 is 0 Å². The molecule has 0 radical (unpaired) electrons. The quantitative estimate of drug-likeness (QED) is 0.293. The third-order valence-corrected chi connectivity index (χ3v) is 4.46. The number of aromatic nitrogens is 1. The van der Waals surface area contributed by atoms with Crippen LogP contribution >= 0.6 is 0 Å². The molecule has 0 atom stereocenters. The van der Waals surface area contributed by atoms with Gasteiger partial charge < -0.3 is 0 Å². The van der Waals surface area contributed by atoms with Gasteiger partial charge in [-0.3, -0.25) is 4.79 Å². The van der Waals surface area contributed by atoms with Gasteiger partial charge in [-0.1, -0.05) is 72.8 Å². The Labute approximate surface area is 146 Å². The summed E-state index contributed by atoms with van der Waals surface area (Å²) >= 11 is 0. The molecule has 4 rings (SSSR count). The summed E-state index contributed by atoms with van der Waals surface area (Å²) in [5, 5.41) is 2.27. The summed E-state index contributed by atoms with van der Waals surface area (Å²) < 4.78 is 0. The first-order valence-corrected chi connectivity index (χ1v) is 8.34. The smallest absolute Gasteiger partial charge is 0.150 e. The van der Waals surface area contributed by atoms with Gasteiger partial charge in [0.05, 0.1) is 11.0 Å². The minimum absolute atomic E-state index is 0.687. The van der Waals surface area contributed by atoms with Crippen molar-refractivity contribution in [2.75, 3.05) is 0 Å². The van der Waals surface area contributed by atoms with E-state index in [-0.39, 0.29) is 0 Å². The van der Waals surface area contributed by atoms with E-state index in [4.69, 9.17) is 4.98 Å². The molecule has 0 saturated carbocycles. The molecule has 0 bridgehead atoms. The van der Waals surface area contributed by atoms with E-state index in [1.165, 1.54) is 5.56 Å². The lowest BCUT2D eigenvalue weighted by Gasteiger charge is -2.09. The highest BCUT2D eigenvalue weighted by atomic mass is 16.1. The molecule has 3 aromatic carbocycles. The summed E-state index contributed by atoms with van der Waals surface area (Å²) in [7, 11) is 0. The van der Waals surface area contributed by atoms with E-state index in [9.17, 15) is 4.79 Å². The molecule has 120 valence electrons. The molecule has 0 amide bonds. The van der Waals surface area contributed by atoms with Gasteiger partial charge in [-0.15, -0.1) is 0 Å². The fourth-order valence-electron chi connectivity index (χ4n) is 3.22. The van der Waals surface area contributed by atoms with E-state index < -0.39 is 0 Å². The van der Waals surface area contributed by atoms with Crippen LogP contribution in [0.5, 0.6) is 0 Å². The van der Waals surface area contributed by atoms with Crippen LogP contribution in [0.25, 0.3) is 27.4 Å². The molecule has 0 aliphatic heterocycles. The van der Waals surface area contributed by atoms with Gasteiger partial charge in [-0.05, 0) is 29.7 Å². The molecule has 0 aliphatic rings. The van der Waals surface area contributed by atoms with Crippen molar-refractivity contribution in [2.24, 2.45) is 0 Å². The topological polar surface area (TPSA) is 30.0 Å². The Morgan fingerprint density at radius 1 is 0.760 bits per heavy atom. The minimum atomic E-state index is 0.687. The average molecular weight is 323 g/mol. The highest BCUT2D eigenvalue weighted by molar-refractivity contribution is 6.07. The van der Waals surface area contributed by atoms with Crippen molar-refractivity contribution in [2.45, 2.75) is 6.42 Å². The second kappa shape index (κ2) is 6.70. The average Bonchev–Trinajstić information content (AvgIpc) is 2.68. The molecule has 4 aromatic rings. The first-order valence-electron chi connectivity index (χ1n) is 8.34. The first-order chi connectivity index (χ1) is 12.4. The zero-order chi connectivity index (χ0) is 17.1. The summed E-state index contributed by atoms with van der Waals surface area (Å²) in [5.74, 6) is 0. The number of fused-ring (bicyclic) bond motifs is 2. The van der Waals surface area contributed by atoms with Crippen LogP contribution in [0.15, 0.2) is 84.9 Å². The maximum atomic E-state index is 11.6. The van der Waals surface area contributed by atoms with Crippen molar-refractivity contribution < 1.29 is 4.79 Å². The fourth-order valence-corrected chi connectivity index (χ4v) is 3.22. The van der Waals surface area contributed by atoms with Gasteiger partial charge in [0.1, 0.15) is 6.29 Å². The van der Waals surface area contributed by atoms with Crippen molar-refractivity contribution in [3.8, 4) is 0 Å². The largest absolute Gasteiger partial charge is 0.298 e. The Kier molecular flexibility index (Phi) is 4.09. The predicted molar refractivity (Wildman–Crippen MR) is 103 cm³/mol. The number of carbonyl (C=O) groups is 1. The summed E-state index contributed by atoms with van der Waals surface area (Å²) in [6.07, 6.45) is 3.63. The maximum Gasteiger partial charge on any atom is 0.150 e. The number of nitrogens with zero attached hydrogens (tertiary/aromatic N) is 1.